The van der Waals surface area contributed by atoms with E-state index < -0.39 is 0 Å². The molecule has 118 valence electrons. The third-order valence-electron chi connectivity index (χ3n) is 3.20. The van der Waals surface area contributed by atoms with Gasteiger partial charge < -0.3 is 14.3 Å². The highest BCUT2D eigenvalue weighted by Gasteiger charge is 2.15. The van der Waals surface area contributed by atoms with E-state index in [9.17, 15) is 0 Å². The zero-order valence-corrected chi connectivity index (χ0v) is 13.7. The summed E-state index contributed by atoms with van der Waals surface area (Å²) in [5.41, 5.74) is 0. The molecule has 1 rings (SSSR count). The molecule has 21 heavy (non-hydrogen) atoms. The second-order valence-electron chi connectivity index (χ2n) is 5.14. The van der Waals surface area contributed by atoms with E-state index in [1.165, 1.54) is 0 Å². The van der Waals surface area contributed by atoms with Crippen molar-refractivity contribution >= 4 is 6.21 Å². The molecule has 0 saturated heterocycles. The Morgan fingerprint density at radius 2 is 1.52 bits per heavy atom. The summed E-state index contributed by atoms with van der Waals surface area (Å²) in [4.78, 5) is 5.33. The predicted molar refractivity (Wildman–Crippen MR) is 86.2 cm³/mol. The fourth-order valence-electron chi connectivity index (χ4n) is 1.52. The molecule has 0 aromatic heterocycles. The SMILES string of the molecule is CCC=NOC(C)C(C)Oc1ccc(OC(C)CC)cc1. The minimum Gasteiger partial charge on any atom is -0.491 e. The number of hydrogen-bond acceptors (Lipinski definition) is 4. The first-order chi connectivity index (χ1) is 10.1. The van der Waals surface area contributed by atoms with Crippen molar-refractivity contribution in [3.8, 4) is 11.5 Å². The van der Waals surface area contributed by atoms with E-state index in [4.69, 9.17) is 14.3 Å². The standard InChI is InChI=1S/C17H27NO3/c1-6-12-18-21-15(5)14(4)20-17-10-8-16(9-11-17)19-13(3)7-2/h8-15H,6-7H2,1-5H3. The molecule has 3 atom stereocenters. The van der Waals surface area contributed by atoms with Gasteiger partial charge in [0, 0.05) is 6.21 Å². The van der Waals surface area contributed by atoms with E-state index >= 15 is 0 Å². The largest absolute Gasteiger partial charge is 0.491 e. The summed E-state index contributed by atoms with van der Waals surface area (Å²) < 4.78 is 11.6. The fraction of sp³-hybridized carbons (Fsp3) is 0.588. The van der Waals surface area contributed by atoms with Crippen LogP contribution in [0.1, 0.15) is 47.5 Å². The number of hydrogen-bond donors (Lipinski definition) is 0. The Morgan fingerprint density at radius 1 is 0.952 bits per heavy atom. The topological polar surface area (TPSA) is 40.0 Å². The maximum absolute atomic E-state index is 5.84. The van der Waals surface area contributed by atoms with Gasteiger partial charge in [0.25, 0.3) is 0 Å². The van der Waals surface area contributed by atoms with Gasteiger partial charge >= 0.3 is 0 Å². The molecule has 0 saturated carbocycles. The van der Waals surface area contributed by atoms with Crippen molar-refractivity contribution in [2.45, 2.75) is 65.8 Å². The molecule has 4 nitrogen and oxygen atoms in total. The zero-order chi connectivity index (χ0) is 15.7. The number of rotatable bonds is 9. The van der Waals surface area contributed by atoms with Crippen molar-refractivity contribution in [2.24, 2.45) is 5.16 Å². The Morgan fingerprint density at radius 3 is 2.05 bits per heavy atom. The van der Waals surface area contributed by atoms with Crippen LogP contribution >= 0.6 is 0 Å². The minimum atomic E-state index is -0.108. The lowest BCUT2D eigenvalue weighted by atomic mass is 10.2. The van der Waals surface area contributed by atoms with Gasteiger partial charge in [0.05, 0.1) is 6.10 Å². The summed E-state index contributed by atoms with van der Waals surface area (Å²) in [7, 11) is 0. The Hall–Kier alpha value is -1.71. The van der Waals surface area contributed by atoms with E-state index in [1.807, 2.05) is 45.0 Å². The highest BCUT2D eigenvalue weighted by molar-refractivity contribution is 5.55. The molecular formula is C17H27NO3. The lowest BCUT2D eigenvalue weighted by Gasteiger charge is -2.20. The van der Waals surface area contributed by atoms with Crippen LogP contribution in [0.15, 0.2) is 29.4 Å². The first-order valence-corrected chi connectivity index (χ1v) is 7.67. The van der Waals surface area contributed by atoms with E-state index in [0.717, 1.165) is 24.3 Å². The quantitative estimate of drug-likeness (QED) is 0.499. The maximum Gasteiger partial charge on any atom is 0.161 e. The fourth-order valence-corrected chi connectivity index (χ4v) is 1.52. The minimum absolute atomic E-state index is 0.0830. The zero-order valence-electron chi connectivity index (χ0n) is 13.7. The van der Waals surface area contributed by atoms with Crippen molar-refractivity contribution in [3.63, 3.8) is 0 Å². The maximum atomic E-state index is 5.84. The Balaban J connectivity index is 2.49. The van der Waals surface area contributed by atoms with Crippen LogP contribution in [-0.4, -0.2) is 24.5 Å². The first-order valence-electron chi connectivity index (χ1n) is 7.67. The van der Waals surface area contributed by atoms with Crippen LogP contribution in [0.4, 0.5) is 0 Å². The smallest absolute Gasteiger partial charge is 0.161 e. The van der Waals surface area contributed by atoms with Crippen LogP contribution in [-0.2, 0) is 4.84 Å². The third kappa shape index (κ3) is 6.52. The molecule has 0 radical (unpaired) electrons. The number of oxime groups is 1. The van der Waals surface area contributed by atoms with E-state index in [1.54, 1.807) is 6.21 Å². The average molecular weight is 293 g/mol. The van der Waals surface area contributed by atoms with Crippen molar-refractivity contribution in [1.29, 1.82) is 0 Å². The molecule has 0 spiro atoms. The molecule has 0 aliphatic heterocycles. The number of nitrogens with zero attached hydrogens (tertiary/aromatic N) is 1. The van der Waals surface area contributed by atoms with Gasteiger partial charge in [0.1, 0.15) is 17.6 Å². The third-order valence-corrected chi connectivity index (χ3v) is 3.20. The van der Waals surface area contributed by atoms with Gasteiger partial charge in [0.15, 0.2) is 6.10 Å². The van der Waals surface area contributed by atoms with Gasteiger partial charge in [-0.1, -0.05) is 19.0 Å². The molecule has 1 aromatic rings. The molecule has 1 aromatic carbocycles. The predicted octanol–water partition coefficient (Wildman–Crippen LogP) is 4.43. The summed E-state index contributed by atoms with van der Waals surface area (Å²) >= 11 is 0. The molecule has 0 amide bonds. The molecule has 0 aliphatic carbocycles. The summed E-state index contributed by atoms with van der Waals surface area (Å²) in [5.74, 6) is 1.66. The molecule has 0 N–H and O–H groups in total. The monoisotopic (exact) mass is 293 g/mol. The normalized spacial score (nSPS) is 15.5. The van der Waals surface area contributed by atoms with Crippen LogP contribution in [0.3, 0.4) is 0 Å². The highest BCUT2D eigenvalue weighted by Crippen LogP contribution is 2.21. The second kappa shape index (κ2) is 9.27. The van der Waals surface area contributed by atoms with Gasteiger partial charge in [0.2, 0.25) is 0 Å². The van der Waals surface area contributed by atoms with Crippen LogP contribution in [0.25, 0.3) is 0 Å². The number of benzene rings is 1. The molecule has 0 bridgehead atoms. The van der Waals surface area contributed by atoms with E-state index in [0.29, 0.717) is 0 Å². The lowest BCUT2D eigenvalue weighted by Crippen LogP contribution is -2.27. The van der Waals surface area contributed by atoms with E-state index in [-0.39, 0.29) is 18.3 Å². The molecule has 0 aliphatic rings. The summed E-state index contributed by atoms with van der Waals surface area (Å²) in [5, 5.41) is 3.88. The average Bonchev–Trinajstić information content (AvgIpc) is 2.49. The summed E-state index contributed by atoms with van der Waals surface area (Å²) in [6.07, 6.45) is 3.62. The Labute approximate surface area is 128 Å². The Kier molecular flexibility index (Phi) is 7.65. The van der Waals surface area contributed by atoms with Crippen LogP contribution in [0.2, 0.25) is 0 Å². The molecule has 3 unspecified atom stereocenters. The van der Waals surface area contributed by atoms with Gasteiger partial charge in [-0.05, 0) is 57.9 Å². The first kappa shape index (κ1) is 17.3. The summed E-state index contributed by atoms with van der Waals surface area (Å²) in [6, 6.07) is 7.68. The summed E-state index contributed by atoms with van der Waals surface area (Å²) in [6.45, 7) is 10.1. The van der Waals surface area contributed by atoms with Crippen LogP contribution < -0.4 is 9.47 Å². The van der Waals surface area contributed by atoms with Crippen molar-refractivity contribution in [1.82, 2.24) is 0 Å². The molecule has 0 heterocycles. The molecular weight excluding hydrogens is 266 g/mol. The number of ether oxygens (including phenoxy) is 2. The molecule has 4 heteroatoms. The van der Waals surface area contributed by atoms with Gasteiger partial charge in [-0.25, -0.2) is 0 Å². The van der Waals surface area contributed by atoms with Gasteiger partial charge in [-0.15, -0.1) is 0 Å². The van der Waals surface area contributed by atoms with E-state index in [2.05, 4.69) is 19.0 Å². The molecule has 0 fully saturated rings. The van der Waals surface area contributed by atoms with Crippen molar-refractivity contribution in [3.05, 3.63) is 24.3 Å². The van der Waals surface area contributed by atoms with Gasteiger partial charge in [-0.2, -0.15) is 0 Å². The van der Waals surface area contributed by atoms with Gasteiger partial charge in [-0.3, -0.25) is 0 Å². The Bertz CT molecular complexity index is 417. The van der Waals surface area contributed by atoms with Crippen LogP contribution in [0.5, 0.6) is 11.5 Å². The highest BCUT2D eigenvalue weighted by atomic mass is 16.7. The lowest BCUT2D eigenvalue weighted by molar-refractivity contribution is -0.00389. The second-order valence-corrected chi connectivity index (χ2v) is 5.14. The van der Waals surface area contributed by atoms with Crippen molar-refractivity contribution < 1.29 is 14.3 Å². The van der Waals surface area contributed by atoms with Crippen LogP contribution in [0, 0.1) is 0 Å². The van der Waals surface area contributed by atoms with Crippen molar-refractivity contribution in [2.75, 3.05) is 0 Å².